The first-order valence-corrected chi connectivity index (χ1v) is 14.8. The van der Waals surface area contributed by atoms with E-state index < -0.39 is 29.3 Å². The predicted molar refractivity (Wildman–Crippen MR) is 161 cm³/mol. The normalized spacial score (nSPS) is 19.4. The van der Waals surface area contributed by atoms with E-state index in [4.69, 9.17) is 4.74 Å². The van der Waals surface area contributed by atoms with E-state index in [1.54, 1.807) is 12.1 Å². The number of piperidine rings is 1. The lowest BCUT2D eigenvalue weighted by Crippen LogP contribution is -2.39. The van der Waals surface area contributed by atoms with Crippen molar-refractivity contribution >= 4 is 23.8 Å². The molecule has 3 aromatic rings. The summed E-state index contributed by atoms with van der Waals surface area (Å²) in [5.41, 5.74) is 2.24. The molecule has 0 aromatic heterocycles. The van der Waals surface area contributed by atoms with Crippen LogP contribution in [0.4, 0.5) is 17.6 Å². The number of rotatable bonds is 8. The average molecular weight is 607 g/mol. The molecule has 0 atom stereocenters. The molecule has 1 saturated carbocycles. The molecule has 1 N–H and O–H groups in total. The van der Waals surface area contributed by atoms with Crippen molar-refractivity contribution in [3.05, 3.63) is 111 Å². The SMILES string of the molecule is Cc1cc(OCCN2CCCCC2)ccc1C(=O)NC1C/C(=C\c2ccc(F)c(F)c2)C(=O)/C(=C/c2ccc(F)c(F)c2)C1. The molecule has 5 rings (SSSR count). The molecule has 0 spiro atoms. The van der Waals surface area contributed by atoms with E-state index in [1.807, 2.05) is 13.0 Å². The van der Waals surface area contributed by atoms with Crippen LogP contribution in [0.25, 0.3) is 12.2 Å². The third kappa shape index (κ3) is 7.82. The molecule has 0 radical (unpaired) electrons. The molecule has 0 unspecified atom stereocenters. The number of halogens is 4. The van der Waals surface area contributed by atoms with Gasteiger partial charge in [0.25, 0.3) is 5.91 Å². The van der Waals surface area contributed by atoms with E-state index >= 15 is 0 Å². The highest BCUT2D eigenvalue weighted by molar-refractivity contribution is 6.14. The van der Waals surface area contributed by atoms with Crippen LogP contribution in [-0.2, 0) is 4.79 Å². The lowest BCUT2D eigenvalue weighted by Gasteiger charge is -2.27. The Kier molecular flexibility index (Phi) is 9.95. The van der Waals surface area contributed by atoms with Crippen molar-refractivity contribution in [1.29, 1.82) is 0 Å². The molecule has 2 fully saturated rings. The highest BCUT2D eigenvalue weighted by Crippen LogP contribution is 2.30. The second-order valence-electron chi connectivity index (χ2n) is 11.3. The Hall–Kier alpha value is -4.24. The summed E-state index contributed by atoms with van der Waals surface area (Å²) in [6.45, 7) is 5.40. The van der Waals surface area contributed by atoms with Gasteiger partial charge in [0.15, 0.2) is 29.1 Å². The zero-order valence-corrected chi connectivity index (χ0v) is 24.5. The topological polar surface area (TPSA) is 58.6 Å². The van der Waals surface area contributed by atoms with Gasteiger partial charge in [0.05, 0.1) is 0 Å². The number of carbonyl (C=O) groups is 2. The average Bonchev–Trinajstić information content (AvgIpc) is 3.00. The molecule has 3 aromatic carbocycles. The zero-order chi connectivity index (χ0) is 31.2. The summed E-state index contributed by atoms with van der Waals surface area (Å²) in [4.78, 5) is 29.2. The van der Waals surface area contributed by atoms with Crippen molar-refractivity contribution in [1.82, 2.24) is 10.2 Å². The molecule has 1 saturated heterocycles. The number of Topliss-reactive ketones (excluding diaryl/α,β-unsaturated/α-hetero) is 1. The van der Waals surface area contributed by atoms with E-state index in [2.05, 4.69) is 10.2 Å². The Labute approximate surface area is 254 Å². The van der Waals surface area contributed by atoms with Gasteiger partial charge in [-0.2, -0.15) is 0 Å². The number of hydrogen-bond acceptors (Lipinski definition) is 4. The molecule has 44 heavy (non-hydrogen) atoms. The van der Waals surface area contributed by atoms with Crippen LogP contribution in [0.1, 0.15) is 59.2 Å². The third-order valence-corrected chi connectivity index (χ3v) is 7.99. The van der Waals surface area contributed by atoms with Gasteiger partial charge in [-0.15, -0.1) is 0 Å². The van der Waals surface area contributed by atoms with Crippen molar-refractivity contribution in [2.45, 2.75) is 45.1 Å². The number of carbonyl (C=O) groups excluding carboxylic acids is 2. The number of nitrogens with one attached hydrogen (secondary N) is 1. The van der Waals surface area contributed by atoms with E-state index in [0.717, 1.165) is 49.5 Å². The summed E-state index contributed by atoms with van der Waals surface area (Å²) in [7, 11) is 0. The number of hydrogen-bond donors (Lipinski definition) is 1. The summed E-state index contributed by atoms with van der Waals surface area (Å²) in [5, 5.41) is 2.99. The minimum Gasteiger partial charge on any atom is -0.492 e. The summed E-state index contributed by atoms with van der Waals surface area (Å²) in [6.07, 6.45) is 6.86. The van der Waals surface area contributed by atoms with Crippen LogP contribution in [0.3, 0.4) is 0 Å². The number of nitrogens with zero attached hydrogens (tertiary/aromatic N) is 1. The minimum absolute atomic E-state index is 0.134. The summed E-state index contributed by atoms with van der Waals surface area (Å²) >= 11 is 0. The Morgan fingerprint density at radius 1 is 0.841 bits per heavy atom. The predicted octanol–water partition coefficient (Wildman–Crippen LogP) is 7.04. The minimum atomic E-state index is -1.06. The largest absolute Gasteiger partial charge is 0.492 e. The van der Waals surface area contributed by atoms with E-state index in [9.17, 15) is 27.2 Å². The Morgan fingerprint density at radius 2 is 1.43 bits per heavy atom. The van der Waals surface area contributed by atoms with Crippen molar-refractivity contribution in [3.63, 3.8) is 0 Å². The van der Waals surface area contributed by atoms with E-state index in [1.165, 1.54) is 43.5 Å². The number of aryl methyl sites for hydroxylation is 1. The van der Waals surface area contributed by atoms with Gasteiger partial charge in [-0.1, -0.05) is 18.6 Å². The highest BCUT2D eigenvalue weighted by Gasteiger charge is 2.29. The van der Waals surface area contributed by atoms with Crippen LogP contribution in [0.15, 0.2) is 65.7 Å². The smallest absolute Gasteiger partial charge is 0.251 e. The second kappa shape index (κ2) is 14.0. The summed E-state index contributed by atoms with van der Waals surface area (Å²) in [5.74, 6) is -4.19. The fourth-order valence-corrected chi connectivity index (χ4v) is 5.67. The molecule has 1 heterocycles. The van der Waals surface area contributed by atoms with Crippen LogP contribution in [0.5, 0.6) is 5.75 Å². The number of ketones is 1. The van der Waals surface area contributed by atoms with Gasteiger partial charge >= 0.3 is 0 Å². The van der Waals surface area contributed by atoms with Gasteiger partial charge in [-0.25, -0.2) is 17.6 Å². The molecular weight excluding hydrogens is 572 g/mol. The standard InChI is InChI=1S/C35H34F4N2O3/c1-22-15-28(44-14-13-41-11-3-2-4-12-41)7-8-29(22)35(43)40-27-20-25(16-23-5-9-30(36)32(38)18-23)34(42)26(21-27)17-24-6-10-31(37)33(39)19-24/h5-10,15-19,27H,2-4,11-14,20-21H2,1H3,(H,40,43)/b25-16+,26-17+. The molecule has 5 nitrogen and oxygen atoms in total. The zero-order valence-electron chi connectivity index (χ0n) is 24.5. The van der Waals surface area contributed by atoms with Gasteiger partial charge < -0.3 is 10.1 Å². The second-order valence-corrected chi connectivity index (χ2v) is 11.3. The molecule has 230 valence electrons. The van der Waals surface area contributed by atoms with E-state index in [0.29, 0.717) is 17.9 Å². The first-order chi connectivity index (χ1) is 21.2. The van der Waals surface area contributed by atoms with Crippen molar-refractivity contribution in [2.24, 2.45) is 0 Å². The lowest BCUT2D eigenvalue weighted by atomic mass is 9.83. The molecular formula is C35H34F4N2O3. The molecule has 1 aliphatic carbocycles. The van der Waals surface area contributed by atoms with Crippen LogP contribution >= 0.6 is 0 Å². The van der Waals surface area contributed by atoms with Crippen molar-refractivity contribution < 1.29 is 31.9 Å². The lowest BCUT2D eigenvalue weighted by molar-refractivity contribution is -0.113. The first-order valence-electron chi connectivity index (χ1n) is 14.8. The Morgan fingerprint density at radius 3 is 1.98 bits per heavy atom. The third-order valence-electron chi connectivity index (χ3n) is 7.99. The first kappa shape index (κ1) is 31.2. The van der Waals surface area contributed by atoms with Crippen LogP contribution in [0.2, 0.25) is 0 Å². The fraction of sp³-hybridized carbons (Fsp3) is 0.314. The van der Waals surface area contributed by atoms with Crippen LogP contribution in [0, 0.1) is 30.2 Å². The Bertz CT molecular complexity index is 1540. The molecule has 1 amide bonds. The fourth-order valence-electron chi connectivity index (χ4n) is 5.67. The quantitative estimate of drug-likeness (QED) is 0.221. The maximum absolute atomic E-state index is 13.9. The van der Waals surface area contributed by atoms with Gasteiger partial charge in [-0.3, -0.25) is 14.5 Å². The van der Waals surface area contributed by atoms with Crippen molar-refractivity contribution in [3.8, 4) is 5.75 Å². The maximum atomic E-state index is 13.9. The van der Waals surface area contributed by atoms with E-state index in [-0.39, 0.29) is 46.8 Å². The van der Waals surface area contributed by atoms with Gasteiger partial charge in [0, 0.05) is 29.3 Å². The summed E-state index contributed by atoms with van der Waals surface area (Å²) < 4.78 is 60.7. The Balaban J connectivity index is 1.33. The number of benzene rings is 3. The number of ether oxygens (including phenoxy) is 1. The maximum Gasteiger partial charge on any atom is 0.251 e. The molecule has 1 aliphatic heterocycles. The summed E-state index contributed by atoms with van der Waals surface area (Å²) in [6, 6.07) is 11.3. The monoisotopic (exact) mass is 606 g/mol. The molecule has 9 heteroatoms. The highest BCUT2D eigenvalue weighted by atomic mass is 19.2. The van der Waals surface area contributed by atoms with Gasteiger partial charge in [0.1, 0.15) is 12.4 Å². The van der Waals surface area contributed by atoms with Gasteiger partial charge in [-0.05, 0) is 117 Å². The van der Waals surface area contributed by atoms with Gasteiger partial charge in [0.2, 0.25) is 0 Å². The number of amides is 1. The van der Waals surface area contributed by atoms with Crippen molar-refractivity contribution in [2.75, 3.05) is 26.2 Å². The molecule has 0 bridgehead atoms. The number of likely N-dealkylation sites (tertiary alicyclic amines) is 1. The molecule has 2 aliphatic rings. The van der Waals surface area contributed by atoms with Crippen LogP contribution < -0.4 is 10.1 Å². The van der Waals surface area contributed by atoms with Crippen LogP contribution in [-0.4, -0.2) is 48.9 Å².